The second-order valence-corrected chi connectivity index (χ2v) is 13.1. The third-order valence-electron chi connectivity index (χ3n) is 9.17. The third-order valence-corrected chi connectivity index (χ3v) is 9.17. The summed E-state index contributed by atoms with van der Waals surface area (Å²) in [6, 6.07) is 13.3. The van der Waals surface area contributed by atoms with Gasteiger partial charge in [-0.1, -0.05) is 82.2 Å². The minimum absolute atomic E-state index is 0.287. The molecule has 3 aromatic carbocycles. The predicted molar refractivity (Wildman–Crippen MR) is 209 cm³/mol. The molecule has 0 saturated heterocycles. The average Bonchev–Trinajstić information content (AvgIpc) is 3.13. The number of nitrogens with zero attached hydrogens (tertiary/aromatic N) is 1. The molecule has 0 unspecified atom stereocenters. The molecule has 0 atom stereocenters. The number of hydrogen-bond acceptors (Lipinski definition) is 7. The number of carbonyl (C=O) groups is 1. The lowest BCUT2D eigenvalue weighted by Gasteiger charge is -2.31. The smallest absolute Gasteiger partial charge is 0.199 e. The van der Waals surface area contributed by atoms with E-state index < -0.39 is 45.7 Å². The number of rotatable bonds is 14. The number of phenolic OH excluding ortho intramolecular Hbond substituents is 4. The first kappa shape index (κ1) is 37.5. The quantitative estimate of drug-likeness (QED) is 0.0759. The van der Waals surface area contributed by atoms with Crippen molar-refractivity contribution >= 4 is 46.6 Å². The number of nitrogens with one attached hydrogen (secondary N) is 1. The van der Waals surface area contributed by atoms with Crippen LogP contribution >= 0.6 is 0 Å². The van der Waals surface area contributed by atoms with Crippen molar-refractivity contribution in [3.63, 3.8) is 0 Å². The van der Waals surface area contributed by atoms with E-state index >= 15 is 0 Å². The highest BCUT2D eigenvalue weighted by Gasteiger charge is 2.34. The number of Topliss-reactive ketones (excluding diaryl/α,β-unsaturated/α-hetero) is 1. The lowest BCUT2D eigenvalue weighted by Crippen LogP contribution is -2.33. The number of aromatic hydroxyl groups is 4. The highest BCUT2D eigenvalue weighted by Crippen LogP contribution is 2.44. The van der Waals surface area contributed by atoms with Crippen LogP contribution in [0.2, 0.25) is 0 Å². The minimum atomic E-state index is -0.799. The number of carbonyl (C=O) groups excluding carboxylic acids is 1. The Balaban J connectivity index is 1.36. The number of allylic oxidation sites excluding steroid dienone is 8. The van der Waals surface area contributed by atoms with Crippen molar-refractivity contribution in [2.24, 2.45) is 0 Å². The number of unbranched alkanes of at least 4 members (excludes halogenated alkanes) is 3. The molecular weight excluding hydrogens is 652 g/mol. The van der Waals surface area contributed by atoms with Crippen molar-refractivity contribution in [2.45, 2.75) is 59.3 Å². The molecule has 0 aromatic heterocycles. The van der Waals surface area contributed by atoms with Crippen molar-refractivity contribution < 1.29 is 34.9 Å². The van der Waals surface area contributed by atoms with E-state index in [1.165, 1.54) is 30.0 Å². The van der Waals surface area contributed by atoms with Gasteiger partial charge in [0.1, 0.15) is 36.1 Å². The fourth-order valence-electron chi connectivity index (χ4n) is 6.19. The van der Waals surface area contributed by atoms with Crippen LogP contribution in [0.25, 0.3) is 29.4 Å². The van der Waals surface area contributed by atoms with Crippen molar-refractivity contribution in [3.8, 4) is 23.0 Å². The standard InChI is InChI=1S/C44H48N2O6/c1-4-7-22-45-33-18-14-29(15-19-33)10-12-31-25-35(47)39(36(48)26-31)41-43(51)42(44(41)52)40-37(49)27-32(28-38(40)50)13-11-30-16-20-34(21-17-30)46(23-8-5-2)24-9-6-3/h10-21,25-28H,4-9,22-24H2,1-3H3,(H5,45,47,48,49,50,51,52). The van der Waals surface area contributed by atoms with Gasteiger partial charge in [0.2, 0.25) is 0 Å². The first-order valence-electron chi connectivity index (χ1n) is 18.2. The Morgan fingerprint density at radius 2 is 1.27 bits per heavy atom. The summed E-state index contributed by atoms with van der Waals surface area (Å²) in [6.07, 6.45) is 22.1. The summed E-state index contributed by atoms with van der Waals surface area (Å²) in [5, 5.41) is 60.2. The van der Waals surface area contributed by atoms with Crippen LogP contribution in [0.3, 0.4) is 0 Å². The Hall–Kier alpha value is -5.76. The molecule has 0 bridgehead atoms. The van der Waals surface area contributed by atoms with E-state index in [1.54, 1.807) is 12.2 Å². The Morgan fingerprint density at radius 1 is 0.692 bits per heavy atom. The summed E-state index contributed by atoms with van der Waals surface area (Å²) in [5.74, 6) is -3.36. The van der Waals surface area contributed by atoms with E-state index in [9.17, 15) is 30.3 Å². The van der Waals surface area contributed by atoms with Gasteiger partial charge in [0.15, 0.2) is 11.5 Å². The summed E-state index contributed by atoms with van der Waals surface area (Å²) in [5.41, 5.74) is 3.37. The molecule has 0 amide bonds. The maximum Gasteiger partial charge on any atom is 0.199 e. The maximum atomic E-state index is 13.3. The van der Waals surface area contributed by atoms with Crippen LogP contribution in [0.15, 0.2) is 90.2 Å². The lowest BCUT2D eigenvalue weighted by molar-refractivity contribution is -0.527. The zero-order valence-electron chi connectivity index (χ0n) is 30.2. The van der Waals surface area contributed by atoms with E-state index in [0.29, 0.717) is 10.8 Å². The van der Waals surface area contributed by atoms with Gasteiger partial charge in [0.05, 0.1) is 10.8 Å². The molecule has 0 fully saturated rings. The van der Waals surface area contributed by atoms with Gasteiger partial charge in [-0.2, -0.15) is 0 Å². The van der Waals surface area contributed by atoms with Gasteiger partial charge in [-0.3, -0.25) is 4.79 Å². The average molecular weight is 701 g/mol. The third kappa shape index (κ3) is 8.75. The number of ketones is 1. The van der Waals surface area contributed by atoms with E-state index in [0.717, 1.165) is 75.0 Å². The Bertz CT molecular complexity index is 2050. The summed E-state index contributed by atoms with van der Waals surface area (Å²) in [6.45, 7) is 9.45. The highest BCUT2D eigenvalue weighted by molar-refractivity contribution is 6.52. The first-order valence-corrected chi connectivity index (χ1v) is 18.2. The van der Waals surface area contributed by atoms with Crippen LogP contribution in [-0.4, -0.2) is 56.1 Å². The molecule has 3 aromatic rings. The Morgan fingerprint density at radius 3 is 1.83 bits per heavy atom. The topological polar surface area (TPSA) is 136 Å². The number of phenols is 4. The summed E-state index contributed by atoms with van der Waals surface area (Å²) in [7, 11) is 0. The summed E-state index contributed by atoms with van der Waals surface area (Å²) >= 11 is 0. The predicted octanol–water partition coefficient (Wildman–Crippen LogP) is 6.28. The van der Waals surface area contributed by atoms with Crippen LogP contribution in [0.4, 0.5) is 5.69 Å². The highest BCUT2D eigenvalue weighted by atomic mass is 16.3. The van der Waals surface area contributed by atoms with Crippen LogP contribution in [-0.2, 0) is 4.79 Å². The SMILES string of the molecule is CCCCNc1ccc(/C=C/c2cc(O)c(C3=C([O-])C(=c4c(O)cc(=CC=C5C=CC(=[N+](CCCC)CCCC)C=C5)cc4O)C3=O)c(O)c2)cc1. The van der Waals surface area contributed by atoms with Gasteiger partial charge in [-0.05, 0) is 76.9 Å². The molecule has 0 aliphatic heterocycles. The molecule has 0 saturated carbocycles. The van der Waals surface area contributed by atoms with Crippen molar-refractivity contribution in [1.29, 1.82) is 0 Å². The van der Waals surface area contributed by atoms with Gasteiger partial charge in [-0.15, -0.1) is 0 Å². The van der Waals surface area contributed by atoms with Gasteiger partial charge in [0, 0.05) is 48.4 Å². The van der Waals surface area contributed by atoms with Gasteiger partial charge >= 0.3 is 0 Å². The molecule has 52 heavy (non-hydrogen) atoms. The largest absolute Gasteiger partial charge is 0.871 e. The minimum Gasteiger partial charge on any atom is -0.871 e. The van der Waals surface area contributed by atoms with Crippen molar-refractivity contribution in [3.05, 3.63) is 117 Å². The first-order chi connectivity index (χ1) is 25.1. The second kappa shape index (κ2) is 17.4. The molecule has 270 valence electrons. The van der Waals surface area contributed by atoms with E-state index in [-0.39, 0.29) is 10.8 Å². The van der Waals surface area contributed by atoms with E-state index in [1.807, 2.05) is 48.6 Å². The van der Waals surface area contributed by atoms with E-state index in [2.05, 4.69) is 42.8 Å². The number of hydrogen-bond donors (Lipinski definition) is 5. The van der Waals surface area contributed by atoms with Gasteiger partial charge in [0.25, 0.3) is 0 Å². The molecule has 5 N–H and O–H groups in total. The summed E-state index contributed by atoms with van der Waals surface area (Å²) < 4.78 is 2.41. The van der Waals surface area contributed by atoms with Crippen LogP contribution in [0, 0.1) is 0 Å². The second-order valence-electron chi connectivity index (χ2n) is 13.1. The van der Waals surface area contributed by atoms with Crippen molar-refractivity contribution in [1.82, 2.24) is 0 Å². The fourth-order valence-corrected chi connectivity index (χ4v) is 6.19. The lowest BCUT2D eigenvalue weighted by atomic mass is 9.81. The monoisotopic (exact) mass is 700 g/mol. The normalized spacial score (nSPS) is 14.0. The van der Waals surface area contributed by atoms with Crippen LogP contribution in [0.1, 0.15) is 76.0 Å². The Kier molecular flexibility index (Phi) is 12.6. The zero-order chi connectivity index (χ0) is 37.2. The molecule has 8 heteroatoms. The number of benzene rings is 3. The molecule has 0 heterocycles. The van der Waals surface area contributed by atoms with Gasteiger partial charge in [-0.25, -0.2) is 4.58 Å². The van der Waals surface area contributed by atoms with Crippen LogP contribution in [0.5, 0.6) is 23.0 Å². The zero-order valence-corrected chi connectivity index (χ0v) is 30.2. The molecule has 8 nitrogen and oxygen atoms in total. The molecular formula is C44H48N2O6. The molecule has 2 aliphatic rings. The fraction of sp³-hybridized carbons (Fsp3) is 0.273. The van der Waals surface area contributed by atoms with Crippen molar-refractivity contribution in [2.75, 3.05) is 25.0 Å². The Labute approximate surface area is 305 Å². The molecule has 0 spiro atoms. The molecule has 5 rings (SSSR count). The maximum absolute atomic E-state index is 13.3. The summed E-state index contributed by atoms with van der Waals surface area (Å²) in [4.78, 5) is 13.3. The van der Waals surface area contributed by atoms with Crippen LogP contribution < -0.4 is 20.9 Å². The number of anilines is 1. The molecule has 2 aliphatic carbocycles. The molecule has 0 radical (unpaired) electrons. The van der Waals surface area contributed by atoms with Gasteiger partial charge < -0.3 is 30.8 Å². The van der Waals surface area contributed by atoms with E-state index in [4.69, 9.17) is 0 Å².